The van der Waals surface area contributed by atoms with Crippen molar-refractivity contribution in [1.82, 2.24) is 55.0 Å². The minimum atomic E-state index is -5.14. The van der Waals surface area contributed by atoms with Crippen LogP contribution in [-0.2, 0) is 18.1 Å². The van der Waals surface area contributed by atoms with Gasteiger partial charge in [0.2, 0.25) is 29.3 Å². The Morgan fingerprint density at radius 3 is 1.44 bits per heavy atom. The standard InChI is InChI=1S/C26H23N3O2S.C23H25N3O4.C22H22BrN3O4.C21H15F6N3O4.5CH4/c30-26(29-16-4-5-17-29)24-14-12-22(31-24)18-32-25-15-13-23(27-28-25)21-10-8-20(9-11-21)19-6-2-1-3-7-19;1-15-7-9-16(10-8-15)21-24-22(30-25-21)17-11-13-26(14-12-17)23(27)20-18(28-2)5-4-6-19(20)29-3;1-28-17-4-3-5-18(29-2)19(17)22(27)26-12-10-15(11-13-26)21-24-20(25-30-21)14-6-8-16(23)9-7-14;1-11(2)17-10-18(29(28-17)15-3-5-16(6-4-15)30(32)33)34-19(31)12-7-13(20(22,23)24)9-14(8-12)21(25,26)27;;;;;/h1-3,6-15H,4-5,16-18H2;4-10,17H,11-14H2,1-3H3;3-9,15H,10-13H2,1-2H3;3-11H,1-2H3;5*1H4. The average molecular weight is 1890 g/mol. The summed E-state index contributed by atoms with van der Waals surface area (Å²) in [4.78, 5) is 76.2. The van der Waals surface area contributed by atoms with Crippen LogP contribution < -0.4 is 23.7 Å². The Labute approximate surface area is 769 Å². The molecule has 0 atom stereocenters. The number of nitrogens with zero attached hydrogens (tertiary/aromatic N) is 12. The number of hydrogen-bond donors (Lipinski definition) is 0. The monoisotopic (exact) mass is 1890 g/mol. The first-order chi connectivity index (χ1) is 60.6. The molecular weight excluding hydrogens is 1780 g/mol. The van der Waals surface area contributed by atoms with E-state index in [1.165, 1.54) is 34.9 Å². The zero-order chi connectivity index (χ0) is 89.3. The predicted octanol–water partition coefficient (Wildman–Crippen LogP) is 23.9. The maximum Gasteiger partial charge on any atom is 0.416 e. The number of halogens is 7. The molecule has 26 nitrogen and oxygen atoms in total. The largest absolute Gasteiger partial charge is 0.496 e. The van der Waals surface area contributed by atoms with Crippen LogP contribution in [0.5, 0.6) is 28.9 Å². The number of piperidine rings is 2. The van der Waals surface area contributed by atoms with Crippen molar-refractivity contribution in [3.8, 4) is 79.7 Å². The van der Waals surface area contributed by atoms with E-state index in [2.05, 4.69) is 87.9 Å². The smallest absolute Gasteiger partial charge is 0.416 e. The minimum Gasteiger partial charge on any atom is -0.496 e. The fourth-order valence-electron chi connectivity index (χ4n) is 14.1. The van der Waals surface area contributed by atoms with Crippen molar-refractivity contribution < 1.29 is 87.6 Å². The summed E-state index contributed by atoms with van der Waals surface area (Å²) in [6.45, 7) is 9.58. The highest BCUT2D eigenvalue weighted by molar-refractivity contribution is 9.10. The van der Waals surface area contributed by atoms with Gasteiger partial charge >= 0.3 is 18.3 Å². The number of likely N-dealkylation sites (tertiary alicyclic amines) is 3. The number of non-ortho nitro benzene ring substituents is 1. The Kier molecular flexibility index (Phi) is 36.6. The van der Waals surface area contributed by atoms with E-state index < -0.39 is 39.9 Å². The number of aromatic nitrogens is 8. The number of ether oxygens (including phenoxy) is 5. The summed E-state index contributed by atoms with van der Waals surface area (Å²) in [5.41, 5.74) is 4.25. The number of furan rings is 1. The lowest BCUT2D eigenvalue weighted by Gasteiger charge is -2.31. The Morgan fingerprint density at radius 2 is 0.985 bits per heavy atom. The highest BCUT2D eigenvalue weighted by Crippen LogP contribution is 2.41. The van der Waals surface area contributed by atoms with Gasteiger partial charge in [-0.2, -0.15) is 41.4 Å². The molecular formula is C97H105BrF6N12O14S. The molecule has 0 radical (unpaired) electrons. The number of carbonyl (C=O) groups is 4. The summed E-state index contributed by atoms with van der Waals surface area (Å²) in [6, 6.07) is 59.4. The van der Waals surface area contributed by atoms with Gasteiger partial charge in [0, 0.05) is 90.5 Å². The van der Waals surface area contributed by atoms with Crippen molar-refractivity contribution in [3.05, 3.63) is 289 Å². The van der Waals surface area contributed by atoms with Gasteiger partial charge in [0.25, 0.3) is 23.4 Å². The molecule has 3 aliphatic rings. The van der Waals surface area contributed by atoms with Gasteiger partial charge in [-0.1, -0.05) is 186 Å². The molecule has 13 aromatic rings. The van der Waals surface area contributed by atoms with Crippen LogP contribution in [-0.4, -0.2) is 151 Å². The first-order valence-electron chi connectivity index (χ1n) is 40.0. The number of nitro benzene ring substituents is 1. The average Bonchev–Trinajstić information content (AvgIpc) is 1.62. The van der Waals surface area contributed by atoms with E-state index in [0.29, 0.717) is 101 Å². The molecule has 692 valence electrons. The van der Waals surface area contributed by atoms with Crippen LogP contribution in [0.15, 0.2) is 235 Å². The van der Waals surface area contributed by atoms with Crippen molar-refractivity contribution in [2.24, 2.45) is 0 Å². The first kappa shape index (κ1) is 103. The highest BCUT2D eigenvalue weighted by Gasteiger charge is 2.39. The third kappa shape index (κ3) is 25.8. The van der Waals surface area contributed by atoms with Crippen molar-refractivity contribution in [2.75, 3.05) is 67.7 Å². The zero-order valence-electron chi connectivity index (χ0n) is 69.3. The number of alkyl halides is 6. The van der Waals surface area contributed by atoms with E-state index in [1.807, 2.05) is 113 Å². The molecule has 3 fully saturated rings. The van der Waals surface area contributed by atoms with Crippen LogP contribution in [0.1, 0.15) is 189 Å². The lowest BCUT2D eigenvalue weighted by Crippen LogP contribution is -2.38. The van der Waals surface area contributed by atoms with E-state index in [0.717, 1.165) is 106 Å². The Bertz CT molecular complexity index is 5670. The quantitative estimate of drug-likeness (QED) is 0.0212. The van der Waals surface area contributed by atoms with Crippen LogP contribution in [0, 0.1) is 17.0 Å². The Morgan fingerprint density at radius 1 is 0.527 bits per heavy atom. The number of methoxy groups -OCH3 is 4. The van der Waals surface area contributed by atoms with E-state index in [-0.39, 0.29) is 108 Å². The molecule has 0 saturated carbocycles. The van der Waals surface area contributed by atoms with E-state index in [4.69, 9.17) is 37.1 Å². The summed E-state index contributed by atoms with van der Waals surface area (Å²) in [5, 5.41) is 32.9. The molecule has 3 aliphatic heterocycles. The summed E-state index contributed by atoms with van der Waals surface area (Å²) < 4.78 is 124. The minimum absolute atomic E-state index is 0. The second kappa shape index (κ2) is 46.7. The molecule has 0 spiro atoms. The highest BCUT2D eigenvalue weighted by atomic mass is 79.9. The molecule has 0 unspecified atom stereocenters. The van der Waals surface area contributed by atoms with Gasteiger partial charge in [-0.25, -0.2) is 9.48 Å². The van der Waals surface area contributed by atoms with Crippen LogP contribution in [0.25, 0.3) is 50.8 Å². The number of nitro groups is 1. The number of aryl methyl sites for hydroxylation is 1. The topological polar surface area (TPSA) is 302 Å². The van der Waals surface area contributed by atoms with Gasteiger partial charge in [0.1, 0.15) is 44.9 Å². The van der Waals surface area contributed by atoms with Gasteiger partial charge in [0.05, 0.1) is 72.9 Å². The van der Waals surface area contributed by atoms with Crippen molar-refractivity contribution in [3.63, 3.8) is 0 Å². The molecule has 0 bridgehead atoms. The van der Waals surface area contributed by atoms with E-state index >= 15 is 0 Å². The fraction of sp³-hybridized carbons (Fsp3) is 0.309. The molecule has 3 saturated heterocycles. The molecule has 131 heavy (non-hydrogen) atoms. The Balaban J connectivity index is 0.000000213. The van der Waals surface area contributed by atoms with Crippen molar-refractivity contribution in [1.29, 1.82) is 0 Å². The van der Waals surface area contributed by atoms with Crippen LogP contribution in [0.4, 0.5) is 32.0 Å². The van der Waals surface area contributed by atoms with Gasteiger partial charge in [-0.3, -0.25) is 24.5 Å². The number of benzene rings is 8. The van der Waals surface area contributed by atoms with Gasteiger partial charge < -0.3 is 51.8 Å². The van der Waals surface area contributed by atoms with Crippen molar-refractivity contribution >= 4 is 57.1 Å². The number of thioether (sulfide) groups is 1. The van der Waals surface area contributed by atoms with E-state index in [1.54, 1.807) is 90.4 Å². The number of carbonyl (C=O) groups excluding carboxylic acids is 4. The first-order valence-corrected chi connectivity index (χ1v) is 41.8. The summed E-state index contributed by atoms with van der Waals surface area (Å²) in [5.74, 6) is 4.38. The third-order valence-electron chi connectivity index (χ3n) is 21.0. The molecule has 8 heterocycles. The maximum absolute atomic E-state index is 13.1. The van der Waals surface area contributed by atoms with Crippen LogP contribution >= 0.6 is 27.7 Å². The van der Waals surface area contributed by atoms with Gasteiger partial charge in [-0.05, 0) is 166 Å². The molecule has 0 N–H and O–H groups in total. The van der Waals surface area contributed by atoms with E-state index in [9.17, 15) is 55.6 Å². The predicted molar refractivity (Wildman–Crippen MR) is 492 cm³/mol. The Hall–Kier alpha value is -13.5. The molecule has 0 aliphatic carbocycles. The lowest BCUT2D eigenvalue weighted by molar-refractivity contribution is -0.384. The second-order valence-electron chi connectivity index (χ2n) is 29.7. The molecule has 3 amide bonds. The second-order valence-corrected chi connectivity index (χ2v) is 31.6. The van der Waals surface area contributed by atoms with Crippen LogP contribution in [0.3, 0.4) is 0 Å². The van der Waals surface area contributed by atoms with Crippen LogP contribution in [0.2, 0.25) is 0 Å². The molecule has 34 heteroatoms. The normalized spacial score (nSPS) is 13.1. The summed E-state index contributed by atoms with van der Waals surface area (Å²) in [7, 11) is 6.21. The number of rotatable bonds is 21. The maximum atomic E-state index is 13.1. The number of amides is 3. The van der Waals surface area contributed by atoms with Gasteiger partial charge in [-0.15, -0.1) is 10.2 Å². The summed E-state index contributed by atoms with van der Waals surface area (Å²) >= 11 is 4.97. The lowest BCUT2D eigenvalue weighted by atomic mass is 9.96. The van der Waals surface area contributed by atoms with Crippen molar-refractivity contribution in [2.45, 2.75) is 137 Å². The summed E-state index contributed by atoms with van der Waals surface area (Å²) in [6.07, 6.45) is -5.10. The van der Waals surface area contributed by atoms with Gasteiger partial charge in [0.15, 0.2) is 5.76 Å². The zero-order valence-corrected chi connectivity index (χ0v) is 71.7. The number of hydrogen-bond acceptors (Lipinski definition) is 22. The number of esters is 1. The fourth-order valence-corrected chi connectivity index (χ4v) is 15.1. The molecule has 5 aromatic heterocycles. The third-order valence-corrected chi connectivity index (χ3v) is 22.5. The SMILES string of the molecule is C.C.C.C.C.CC(C)c1cc(OC(=O)c2cc(C(F)(F)F)cc(C(F)(F)F)c2)n(-c2ccc([N+](=O)[O-])cc2)n1.COc1cccc(OC)c1C(=O)N1CCC(c2nc(-c3ccc(Br)cc3)no2)CC1.COc1cccc(OC)c1C(=O)N1CCC(c2nc(-c3ccc(C)cc3)no2)CC1.O=C(c1ccc(CSc2ccc(-c3ccc(-c4ccccc4)cc3)nn2)o1)N1CCCC1. The molecule has 8 aromatic carbocycles. The molecule has 16 rings (SSSR count).